The van der Waals surface area contributed by atoms with Gasteiger partial charge in [0, 0.05) is 4.88 Å². The summed E-state index contributed by atoms with van der Waals surface area (Å²) in [6.45, 7) is 1.90. The van der Waals surface area contributed by atoms with Crippen molar-refractivity contribution in [2.24, 2.45) is 0 Å². The zero-order valence-corrected chi connectivity index (χ0v) is 8.50. The summed E-state index contributed by atoms with van der Waals surface area (Å²) in [6, 6.07) is 1.49. The fourth-order valence-electron chi connectivity index (χ4n) is 1.23. The minimum absolute atomic E-state index is 0.0832. The molecule has 0 bridgehead atoms. The van der Waals surface area contributed by atoms with Gasteiger partial charge in [-0.1, -0.05) is 0 Å². The molecule has 2 N–H and O–H groups in total. The van der Waals surface area contributed by atoms with Crippen molar-refractivity contribution in [3.63, 3.8) is 0 Å². The Balaban J connectivity index is 2.82. The maximum atomic E-state index is 10.5. The first-order valence-electron chi connectivity index (χ1n) is 4.10. The van der Waals surface area contributed by atoms with Crippen molar-refractivity contribution in [3.05, 3.63) is 21.9 Å². The van der Waals surface area contributed by atoms with Gasteiger partial charge < -0.3 is 10.4 Å². The van der Waals surface area contributed by atoms with Crippen LogP contribution in [0.4, 0.5) is 0 Å². The van der Waals surface area contributed by atoms with E-state index in [0.717, 1.165) is 10.4 Å². The zero-order chi connectivity index (χ0) is 10.6. The summed E-state index contributed by atoms with van der Waals surface area (Å²) in [5, 5.41) is 13.0. The van der Waals surface area contributed by atoms with E-state index in [0.29, 0.717) is 6.41 Å². The summed E-state index contributed by atoms with van der Waals surface area (Å²) in [5.74, 6) is -0.919. The number of carboxylic acids is 1. The van der Waals surface area contributed by atoms with Gasteiger partial charge in [-0.05, 0) is 23.9 Å². The van der Waals surface area contributed by atoms with Gasteiger partial charge in [-0.15, -0.1) is 11.3 Å². The van der Waals surface area contributed by atoms with Gasteiger partial charge in [0.05, 0.1) is 12.5 Å². The highest BCUT2D eigenvalue weighted by Gasteiger charge is 2.17. The summed E-state index contributed by atoms with van der Waals surface area (Å²) < 4.78 is 0. The van der Waals surface area contributed by atoms with Crippen LogP contribution in [-0.4, -0.2) is 17.5 Å². The van der Waals surface area contributed by atoms with E-state index in [1.54, 1.807) is 0 Å². The predicted molar refractivity (Wildman–Crippen MR) is 53.2 cm³/mol. The van der Waals surface area contributed by atoms with Crippen LogP contribution in [0.15, 0.2) is 11.4 Å². The number of carbonyl (C=O) groups is 2. The van der Waals surface area contributed by atoms with Gasteiger partial charge in [0.25, 0.3) is 0 Å². The molecule has 0 aromatic carbocycles. The SMILES string of the molecule is Cc1ccsc1[C@@H](CC(=O)O)NC=O. The van der Waals surface area contributed by atoms with Crippen LogP contribution >= 0.6 is 11.3 Å². The smallest absolute Gasteiger partial charge is 0.305 e. The third kappa shape index (κ3) is 2.56. The average Bonchev–Trinajstić information content (AvgIpc) is 2.50. The van der Waals surface area contributed by atoms with E-state index < -0.39 is 12.0 Å². The van der Waals surface area contributed by atoms with E-state index in [1.807, 2.05) is 18.4 Å². The third-order valence-electron chi connectivity index (χ3n) is 1.87. The van der Waals surface area contributed by atoms with Gasteiger partial charge in [0.15, 0.2) is 0 Å². The minimum atomic E-state index is -0.919. The summed E-state index contributed by atoms with van der Waals surface area (Å²) in [4.78, 5) is 21.7. The van der Waals surface area contributed by atoms with E-state index in [4.69, 9.17) is 5.11 Å². The number of aliphatic carboxylic acids is 1. The van der Waals surface area contributed by atoms with Gasteiger partial charge in [-0.25, -0.2) is 0 Å². The molecule has 0 spiro atoms. The number of nitrogens with one attached hydrogen (secondary N) is 1. The maximum absolute atomic E-state index is 10.5. The van der Waals surface area contributed by atoms with Crippen LogP contribution in [0.25, 0.3) is 0 Å². The van der Waals surface area contributed by atoms with Crippen LogP contribution < -0.4 is 5.32 Å². The van der Waals surface area contributed by atoms with Crippen molar-refractivity contribution in [2.75, 3.05) is 0 Å². The Kier molecular flexibility index (Phi) is 3.64. The molecule has 4 nitrogen and oxygen atoms in total. The fraction of sp³-hybridized carbons (Fsp3) is 0.333. The van der Waals surface area contributed by atoms with Crippen molar-refractivity contribution in [3.8, 4) is 0 Å². The summed E-state index contributed by atoms with van der Waals surface area (Å²) in [6.07, 6.45) is 0.451. The topological polar surface area (TPSA) is 66.4 Å². The van der Waals surface area contributed by atoms with Crippen molar-refractivity contribution in [1.82, 2.24) is 5.32 Å². The number of carboxylic acid groups (broad SMARTS) is 1. The van der Waals surface area contributed by atoms with Crippen LogP contribution in [0.3, 0.4) is 0 Å². The van der Waals surface area contributed by atoms with Gasteiger partial charge >= 0.3 is 5.97 Å². The van der Waals surface area contributed by atoms with Gasteiger partial charge in [-0.3, -0.25) is 9.59 Å². The molecule has 0 radical (unpaired) electrons. The normalized spacial score (nSPS) is 12.1. The Morgan fingerprint density at radius 3 is 2.93 bits per heavy atom. The lowest BCUT2D eigenvalue weighted by Gasteiger charge is -2.12. The standard InChI is InChI=1S/C9H11NO3S/c1-6-2-3-14-9(6)7(10-5-11)4-8(12)13/h2-3,5,7H,4H2,1H3,(H,10,11)(H,12,13)/t7-/m1/s1. The highest BCUT2D eigenvalue weighted by Crippen LogP contribution is 2.25. The molecule has 5 heteroatoms. The monoisotopic (exact) mass is 213 g/mol. The summed E-state index contributed by atoms with van der Waals surface area (Å²) >= 11 is 1.45. The van der Waals surface area contributed by atoms with E-state index in [2.05, 4.69) is 5.32 Å². The van der Waals surface area contributed by atoms with Crippen molar-refractivity contribution >= 4 is 23.7 Å². The molecule has 1 amide bonds. The molecular formula is C9H11NO3S. The Morgan fingerprint density at radius 1 is 1.79 bits per heavy atom. The number of hydrogen-bond acceptors (Lipinski definition) is 3. The lowest BCUT2D eigenvalue weighted by Crippen LogP contribution is -2.22. The van der Waals surface area contributed by atoms with Crippen LogP contribution in [-0.2, 0) is 9.59 Å². The van der Waals surface area contributed by atoms with Gasteiger partial charge in [-0.2, -0.15) is 0 Å². The first-order valence-corrected chi connectivity index (χ1v) is 4.98. The van der Waals surface area contributed by atoms with E-state index in [9.17, 15) is 9.59 Å². The number of hydrogen-bond donors (Lipinski definition) is 2. The molecule has 76 valence electrons. The molecule has 0 saturated carbocycles. The van der Waals surface area contributed by atoms with Crippen molar-refractivity contribution in [2.45, 2.75) is 19.4 Å². The Hall–Kier alpha value is -1.36. The Morgan fingerprint density at radius 2 is 2.50 bits per heavy atom. The van der Waals surface area contributed by atoms with Crippen LogP contribution in [0.5, 0.6) is 0 Å². The number of aryl methyl sites for hydroxylation is 1. The van der Waals surface area contributed by atoms with Crippen LogP contribution in [0, 0.1) is 6.92 Å². The largest absolute Gasteiger partial charge is 0.481 e. The lowest BCUT2D eigenvalue weighted by atomic mass is 10.1. The Labute approximate surface area is 85.6 Å². The molecule has 14 heavy (non-hydrogen) atoms. The first-order chi connectivity index (χ1) is 6.65. The molecule has 0 saturated heterocycles. The highest BCUT2D eigenvalue weighted by atomic mass is 32.1. The molecule has 1 rings (SSSR count). The second-order valence-corrected chi connectivity index (χ2v) is 3.85. The molecule has 0 aliphatic carbocycles. The van der Waals surface area contributed by atoms with Gasteiger partial charge in [0.2, 0.25) is 6.41 Å². The maximum Gasteiger partial charge on any atom is 0.305 e. The summed E-state index contributed by atoms with van der Waals surface area (Å²) in [7, 11) is 0. The van der Waals surface area contributed by atoms with E-state index in [-0.39, 0.29) is 6.42 Å². The van der Waals surface area contributed by atoms with Crippen LogP contribution in [0.1, 0.15) is 22.9 Å². The average molecular weight is 213 g/mol. The van der Waals surface area contributed by atoms with Crippen molar-refractivity contribution in [1.29, 1.82) is 0 Å². The van der Waals surface area contributed by atoms with Crippen LogP contribution in [0.2, 0.25) is 0 Å². The Bertz CT molecular complexity index is 335. The molecule has 0 unspecified atom stereocenters. The quantitative estimate of drug-likeness (QED) is 0.725. The molecular weight excluding hydrogens is 202 g/mol. The van der Waals surface area contributed by atoms with E-state index >= 15 is 0 Å². The van der Waals surface area contributed by atoms with Gasteiger partial charge in [0.1, 0.15) is 0 Å². The molecule has 0 aliphatic rings. The lowest BCUT2D eigenvalue weighted by molar-refractivity contribution is -0.137. The highest BCUT2D eigenvalue weighted by molar-refractivity contribution is 7.10. The molecule has 1 heterocycles. The molecule has 1 aromatic heterocycles. The molecule has 1 atom stereocenters. The zero-order valence-electron chi connectivity index (χ0n) is 7.69. The second-order valence-electron chi connectivity index (χ2n) is 2.90. The first kappa shape index (κ1) is 10.7. The second kappa shape index (κ2) is 4.76. The molecule has 0 aliphatic heterocycles. The number of thiophene rings is 1. The number of carbonyl (C=O) groups excluding carboxylic acids is 1. The molecule has 0 fully saturated rings. The summed E-state index contributed by atoms with van der Waals surface area (Å²) in [5.41, 5.74) is 1.01. The minimum Gasteiger partial charge on any atom is -0.481 e. The van der Waals surface area contributed by atoms with Crippen molar-refractivity contribution < 1.29 is 14.7 Å². The number of amides is 1. The number of rotatable bonds is 5. The molecule has 1 aromatic rings. The van der Waals surface area contributed by atoms with E-state index in [1.165, 1.54) is 11.3 Å². The predicted octanol–water partition coefficient (Wildman–Crippen LogP) is 1.32. The third-order valence-corrected chi connectivity index (χ3v) is 3.00. The fourth-order valence-corrected chi connectivity index (χ4v) is 2.21.